The van der Waals surface area contributed by atoms with Gasteiger partial charge in [-0.15, -0.1) is 0 Å². The van der Waals surface area contributed by atoms with Crippen LogP contribution in [0.1, 0.15) is 40.7 Å². The average Bonchev–Trinajstić information content (AvgIpc) is 3.23. The molecule has 1 saturated heterocycles. The number of carbonyl (C=O) groups excluding carboxylic acids is 1. The quantitative estimate of drug-likeness (QED) is 0.815. The molecule has 0 aliphatic carbocycles. The number of hydrogen-bond donors (Lipinski definition) is 0. The molecule has 0 spiro atoms. The summed E-state index contributed by atoms with van der Waals surface area (Å²) in [7, 11) is -3.45. The smallest absolute Gasteiger partial charge is 0.258 e. The summed E-state index contributed by atoms with van der Waals surface area (Å²) in [6.45, 7) is 3.86. The third kappa shape index (κ3) is 3.28. The van der Waals surface area contributed by atoms with E-state index in [1.54, 1.807) is 24.3 Å². The van der Waals surface area contributed by atoms with Crippen LogP contribution in [0.5, 0.6) is 0 Å². The number of benzene rings is 2. The maximum absolute atomic E-state index is 13.1. The minimum atomic E-state index is -3.45. The fourth-order valence-corrected chi connectivity index (χ4v) is 5.57. The third-order valence-electron chi connectivity index (χ3n) is 5.47. The summed E-state index contributed by atoms with van der Waals surface area (Å²) >= 11 is 0. The predicted molar refractivity (Wildman–Crippen MR) is 106 cm³/mol. The maximum atomic E-state index is 13.1. The molecule has 2 aliphatic rings. The second-order valence-corrected chi connectivity index (χ2v) is 9.22. The molecule has 0 saturated carbocycles. The number of rotatable bonds is 3. The molecule has 0 N–H and O–H groups in total. The molecule has 1 amide bonds. The van der Waals surface area contributed by atoms with Gasteiger partial charge in [-0.2, -0.15) is 4.31 Å². The van der Waals surface area contributed by atoms with Crippen LogP contribution in [0, 0.1) is 6.92 Å². The minimum absolute atomic E-state index is 0.0737. The van der Waals surface area contributed by atoms with Gasteiger partial charge in [0.2, 0.25) is 10.0 Å². The number of fused-ring (bicyclic) bond motifs is 1. The van der Waals surface area contributed by atoms with E-state index in [-0.39, 0.29) is 10.8 Å². The van der Waals surface area contributed by atoms with E-state index in [1.165, 1.54) is 9.87 Å². The molecular weight excluding hydrogens is 360 g/mol. The molecule has 0 aromatic heterocycles. The highest BCUT2D eigenvalue weighted by molar-refractivity contribution is 7.89. The van der Waals surface area contributed by atoms with Gasteiger partial charge >= 0.3 is 0 Å². The van der Waals surface area contributed by atoms with Crippen molar-refractivity contribution in [1.82, 2.24) is 4.31 Å². The Morgan fingerprint density at radius 1 is 0.926 bits per heavy atom. The van der Waals surface area contributed by atoms with Crippen molar-refractivity contribution in [2.75, 3.05) is 24.5 Å². The van der Waals surface area contributed by atoms with Crippen molar-refractivity contribution < 1.29 is 13.2 Å². The summed E-state index contributed by atoms with van der Waals surface area (Å²) in [5.41, 5.74) is 3.81. The van der Waals surface area contributed by atoms with Crippen LogP contribution in [0.3, 0.4) is 0 Å². The molecule has 2 aliphatic heterocycles. The van der Waals surface area contributed by atoms with E-state index in [4.69, 9.17) is 0 Å². The van der Waals surface area contributed by atoms with Crippen molar-refractivity contribution in [2.24, 2.45) is 0 Å². The predicted octanol–water partition coefficient (Wildman–Crippen LogP) is 3.37. The van der Waals surface area contributed by atoms with Crippen molar-refractivity contribution >= 4 is 21.6 Å². The van der Waals surface area contributed by atoms with Crippen LogP contribution in [-0.4, -0.2) is 38.3 Å². The zero-order valence-electron chi connectivity index (χ0n) is 15.5. The highest BCUT2D eigenvalue weighted by atomic mass is 32.2. The molecule has 5 nitrogen and oxygen atoms in total. The lowest BCUT2D eigenvalue weighted by molar-refractivity contribution is 0.0985. The Labute approximate surface area is 160 Å². The van der Waals surface area contributed by atoms with Crippen molar-refractivity contribution in [3.63, 3.8) is 0 Å². The second-order valence-electron chi connectivity index (χ2n) is 7.28. The Hall–Kier alpha value is -2.18. The van der Waals surface area contributed by atoms with Crippen LogP contribution in [0.2, 0.25) is 0 Å². The number of hydrogen-bond acceptors (Lipinski definition) is 3. The van der Waals surface area contributed by atoms with Gasteiger partial charge in [0.15, 0.2) is 0 Å². The van der Waals surface area contributed by atoms with Crippen molar-refractivity contribution in [1.29, 1.82) is 0 Å². The largest absolute Gasteiger partial charge is 0.308 e. The molecule has 27 heavy (non-hydrogen) atoms. The molecule has 2 aromatic rings. The lowest BCUT2D eigenvalue weighted by Gasteiger charge is -2.31. The molecule has 4 rings (SSSR count). The van der Waals surface area contributed by atoms with E-state index < -0.39 is 10.0 Å². The van der Waals surface area contributed by atoms with Crippen LogP contribution in [-0.2, 0) is 16.4 Å². The fraction of sp³-hybridized carbons (Fsp3) is 0.381. The van der Waals surface area contributed by atoms with Gasteiger partial charge in [0.05, 0.1) is 10.6 Å². The standard InChI is InChI=1S/C21H24N2O3S/c1-16-6-4-7-17-8-5-15-23(20(16)17)21(24)18-9-11-19(12-10-18)27(25,26)22-13-2-3-14-22/h4,6-7,9-12H,2-3,5,8,13-15H2,1H3. The molecule has 1 fully saturated rings. The van der Waals surface area contributed by atoms with Crippen molar-refractivity contribution in [3.8, 4) is 0 Å². The van der Waals surface area contributed by atoms with Gasteiger partial charge in [-0.3, -0.25) is 4.79 Å². The molecule has 0 atom stereocenters. The van der Waals surface area contributed by atoms with Gasteiger partial charge in [0.25, 0.3) is 5.91 Å². The summed E-state index contributed by atoms with van der Waals surface area (Å²) in [5, 5.41) is 0. The number of nitrogens with zero attached hydrogens (tertiary/aromatic N) is 2. The average molecular weight is 385 g/mol. The molecular formula is C21H24N2O3S. The monoisotopic (exact) mass is 384 g/mol. The van der Waals surface area contributed by atoms with Gasteiger partial charge in [-0.1, -0.05) is 18.2 Å². The first kappa shape index (κ1) is 18.2. The SMILES string of the molecule is Cc1cccc2c1N(C(=O)c1ccc(S(=O)(=O)N3CCCC3)cc1)CCC2. The highest BCUT2D eigenvalue weighted by Crippen LogP contribution is 2.32. The van der Waals surface area contributed by atoms with Gasteiger partial charge in [0, 0.05) is 25.2 Å². The molecule has 0 unspecified atom stereocenters. The normalized spacial score (nSPS) is 17.7. The molecule has 142 valence electrons. The fourth-order valence-electron chi connectivity index (χ4n) is 4.05. The van der Waals surface area contributed by atoms with E-state index in [1.807, 2.05) is 24.0 Å². The zero-order chi connectivity index (χ0) is 19.0. The van der Waals surface area contributed by atoms with E-state index in [9.17, 15) is 13.2 Å². The zero-order valence-corrected chi connectivity index (χ0v) is 16.3. The summed E-state index contributed by atoms with van der Waals surface area (Å²) in [6.07, 6.45) is 3.73. The second kappa shape index (κ2) is 7.09. The van der Waals surface area contributed by atoms with E-state index in [0.717, 1.165) is 36.9 Å². The van der Waals surface area contributed by atoms with Gasteiger partial charge in [-0.25, -0.2) is 8.42 Å². The Bertz CT molecular complexity index is 961. The molecule has 2 aromatic carbocycles. The summed E-state index contributed by atoms with van der Waals surface area (Å²) in [6, 6.07) is 12.5. The third-order valence-corrected chi connectivity index (χ3v) is 7.38. The lowest BCUT2D eigenvalue weighted by Crippen LogP contribution is -2.36. The molecule has 0 bridgehead atoms. The molecule has 6 heteroatoms. The summed E-state index contributed by atoms with van der Waals surface area (Å²) in [4.78, 5) is 15.2. The van der Waals surface area contributed by atoms with Crippen LogP contribution in [0.25, 0.3) is 0 Å². The number of carbonyl (C=O) groups is 1. The number of amides is 1. The van der Waals surface area contributed by atoms with Crippen LogP contribution < -0.4 is 4.90 Å². The highest BCUT2D eigenvalue weighted by Gasteiger charge is 2.28. The maximum Gasteiger partial charge on any atom is 0.258 e. The van der Waals surface area contributed by atoms with E-state index in [0.29, 0.717) is 25.2 Å². The van der Waals surface area contributed by atoms with Gasteiger partial charge < -0.3 is 4.90 Å². The first-order valence-corrected chi connectivity index (χ1v) is 10.9. The molecule has 2 heterocycles. The Kier molecular flexibility index (Phi) is 4.78. The van der Waals surface area contributed by atoms with E-state index in [2.05, 4.69) is 6.07 Å². The van der Waals surface area contributed by atoms with Gasteiger partial charge in [0.1, 0.15) is 0 Å². The number of anilines is 1. The summed E-state index contributed by atoms with van der Waals surface area (Å²) < 4.78 is 26.8. The Morgan fingerprint density at radius 2 is 1.63 bits per heavy atom. The van der Waals surface area contributed by atoms with Crippen LogP contribution >= 0.6 is 0 Å². The number of sulfonamides is 1. The Balaban J connectivity index is 1.61. The minimum Gasteiger partial charge on any atom is -0.308 e. The first-order valence-electron chi connectivity index (χ1n) is 9.49. The van der Waals surface area contributed by atoms with Crippen LogP contribution in [0.4, 0.5) is 5.69 Å². The van der Waals surface area contributed by atoms with Crippen molar-refractivity contribution in [2.45, 2.75) is 37.5 Å². The van der Waals surface area contributed by atoms with Crippen molar-refractivity contribution in [3.05, 3.63) is 59.2 Å². The van der Waals surface area contributed by atoms with E-state index >= 15 is 0 Å². The summed E-state index contributed by atoms with van der Waals surface area (Å²) in [5.74, 6) is -0.0737. The number of para-hydroxylation sites is 1. The lowest BCUT2D eigenvalue weighted by atomic mass is 9.97. The van der Waals surface area contributed by atoms with Gasteiger partial charge in [-0.05, 0) is 68.0 Å². The van der Waals surface area contributed by atoms with Crippen LogP contribution in [0.15, 0.2) is 47.4 Å². The Morgan fingerprint density at radius 3 is 2.33 bits per heavy atom. The number of aryl methyl sites for hydroxylation is 2. The molecule has 0 radical (unpaired) electrons. The topological polar surface area (TPSA) is 57.7 Å². The first-order chi connectivity index (χ1) is 13.0.